The molecular weight excluding hydrogens is 585 g/mol. The average molecular weight is 610 g/mol. The minimum absolute atomic E-state index is 0.0878. The van der Waals surface area contributed by atoms with Crippen LogP contribution in [0.4, 0.5) is 39.5 Å². The molecule has 3 nitrogen and oxygen atoms in total. The summed E-state index contributed by atoms with van der Waals surface area (Å²) < 4.78 is 145. The number of hydrogen-bond acceptors (Lipinski definition) is 3. The molecule has 0 amide bonds. The first kappa shape index (κ1) is 31.2. The zero-order chi connectivity index (χ0) is 30.2. The van der Waals surface area contributed by atoms with Crippen molar-refractivity contribution in [2.24, 2.45) is 0 Å². The van der Waals surface area contributed by atoms with Crippen molar-refractivity contribution >= 4 is 11.2 Å². The molecule has 1 N–H and O–H groups in total. The van der Waals surface area contributed by atoms with Gasteiger partial charge in [0.25, 0.3) is 5.60 Å². The molecule has 0 spiro atoms. The Balaban J connectivity index is 1.77. The van der Waals surface area contributed by atoms with Gasteiger partial charge in [-0.15, -0.1) is 0 Å². The van der Waals surface area contributed by atoms with Crippen molar-refractivity contribution in [3.05, 3.63) is 100 Å². The Morgan fingerprint density at radius 2 is 1.49 bits per heavy atom. The predicted octanol–water partition coefficient (Wildman–Crippen LogP) is 7.20. The highest BCUT2D eigenvalue weighted by molar-refractivity contribution is 7.92. The molecule has 0 bridgehead atoms. The molecule has 1 aliphatic rings. The predicted molar refractivity (Wildman–Crippen MR) is 133 cm³/mol. The number of aryl methyl sites for hydroxylation is 1. The number of rotatable bonds is 8. The number of nitrogens with one attached hydrogen (secondary N) is 1. The molecule has 2 unspecified atom stereocenters. The summed E-state index contributed by atoms with van der Waals surface area (Å²) >= 11 is -1.87. The second-order valence-corrected chi connectivity index (χ2v) is 11.3. The first-order chi connectivity index (χ1) is 19.2. The maximum Gasteiger partial charge on any atom is 0.430 e. The van der Waals surface area contributed by atoms with Crippen molar-refractivity contribution in [1.82, 2.24) is 5.32 Å². The third-order valence-corrected chi connectivity index (χ3v) is 9.17. The first-order valence-corrected chi connectivity index (χ1v) is 13.6. The molecule has 0 saturated carbocycles. The van der Waals surface area contributed by atoms with Crippen molar-refractivity contribution in [3.8, 4) is 0 Å². The quantitative estimate of drug-likeness (QED) is 0.217. The summed E-state index contributed by atoms with van der Waals surface area (Å²) in [7, 11) is 0. The van der Waals surface area contributed by atoms with Crippen molar-refractivity contribution < 1.29 is 48.8 Å². The lowest BCUT2D eigenvalue weighted by atomic mass is 9.88. The van der Waals surface area contributed by atoms with Gasteiger partial charge in [-0.3, -0.25) is 0 Å². The highest BCUT2D eigenvalue weighted by Crippen LogP contribution is 2.54. The molecule has 1 saturated heterocycles. The third kappa shape index (κ3) is 5.56. The van der Waals surface area contributed by atoms with Crippen molar-refractivity contribution in [2.75, 3.05) is 13.1 Å². The topological polar surface area (TPSA) is 44.3 Å². The maximum atomic E-state index is 14.3. The van der Waals surface area contributed by atoms with E-state index >= 15 is 0 Å². The normalized spacial score (nSPS) is 19.0. The lowest BCUT2D eigenvalue weighted by Crippen LogP contribution is -2.56. The zero-order valence-corrected chi connectivity index (χ0v) is 22.3. The minimum Gasteiger partial charge on any atom is -0.611 e. The van der Waals surface area contributed by atoms with Crippen LogP contribution in [0.1, 0.15) is 35.6 Å². The second kappa shape index (κ2) is 11.5. The van der Waals surface area contributed by atoms with Gasteiger partial charge in [0, 0.05) is 29.7 Å². The Labute approximate surface area is 232 Å². The summed E-state index contributed by atoms with van der Waals surface area (Å²) in [5, 5.41) is 3.02. The van der Waals surface area contributed by atoms with Gasteiger partial charge in [0.05, 0.1) is 13.2 Å². The number of halogens is 9. The Bertz CT molecular complexity index is 1340. The van der Waals surface area contributed by atoms with Gasteiger partial charge in [0.2, 0.25) is 0 Å². The highest BCUT2D eigenvalue weighted by atomic mass is 32.2. The van der Waals surface area contributed by atoms with E-state index in [1.54, 1.807) is 6.92 Å². The molecule has 2 atom stereocenters. The van der Waals surface area contributed by atoms with Gasteiger partial charge >= 0.3 is 12.4 Å². The summed E-state index contributed by atoms with van der Waals surface area (Å²) in [6.45, 7) is 0.487. The van der Waals surface area contributed by atoms with E-state index in [9.17, 15) is 44.1 Å². The van der Waals surface area contributed by atoms with Crippen LogP contribution in [-0.4, -0.2) is 30.0 Å². The fraction of sp³-hybridized carbons (Fsp3) is 0.357. The van der Waals surface area contributed by atoms with E-state index in [0.717, 1.165) is 24.3 Å². The summed E-state index contributed by atoms with van der Waals surface area (Å²) in [5.41, 5.74) is -6.92. The van der Waals surface area contributed by atoms with Crippen LogP contribution in [0, 0.1) is 17.5 Å². The molecule has 13 heteroatoms. The van der Waals surface area contributed by atoms with Gasteiger partial charge in [-0.2, -0.15) is 26.3 Å². The Morgan fingerprint density at radius 1 is 0.878 bits per heavy atom. The number of benzene rings is 3. The van der Waals surface area contributed by atoms with Crippen LogP contribution in [0.2, 0.25) is 0 Å². The molecule has 41 heavy (non-hydrogen) atoms. The first-order valence-electron chi connectivity index (χ1n) is 12.4. The summed E-state index contributed by atoms with van der Waals surface area (Å²) in [6, 6.07) is 9.30. The smallest absolute Gasteiger partial charge is 0.430 e. The third-order valence-electron chi connectivity index (χ3n) is 7.19. The van der Waals surface area contributed by atoms with Crippen molar-refractivity contribution in [3.63, 3.8) is 0 Å². The monoisotopic (exact) mass is 609 g/mol. The van der Waals surface area contributed by atoms with Gasteiger partial charge in [-0.05, 0) is 53.5 Å². The van der Waals surface area contributed by atoms with Gasteiger partial charge in [0.15, 0.2) is 9.64 Å². The van der Waals surface area contributed by atoms with E-state index in [2.05, 4.69) is 10.1 Å². The van der Waals surface area contributed by atoms with Crippen LogP contribution in [0.25, 0.3) is 0 Å². The average Bonchev–Trinajstić information content (AvgIpc) is 3.40. The summed E-state index contributed by atoms with van der Waals surface area (Å²) in [6.07, 6.45) is -11.6. The molecule has 222 valence electrons. The lowest BCUT2D eigenvalue weighted by Gasteiger charge is -2.38. The molecule has 1 heterocycles. The molecule has 3 aromatic rings. The SMILES string of the molecule is CCc1cc([S+]([O-])C2(c3ccc(C(OCc4c(F)cccc4F)(C(F)(F)F)C(F)(F)F)cc3)CCNC2)ccc1F. The highest BCUT2D eigenvalue weighted by Gasteiger charge is 2.73. The fourth-order valence-corrected chi connectivity index (χ4v) is 6.70. The Hall–Kier alpha value is -2.74. The van der Waals surface area contributed by atoms with Crippen LogP contribution in [0.3, 0.4) is 0 Å². The summed E-state index contributed by atoms with van der Waals surface area (Å²) in [4.78, 5) is 0.256. The Morgan fingerprint density at radius 3 is 2.00 bits per heavy atom. The van der Waals surface area contributed by atoms with Crippen LogP contribution < -0.4 is 5.32 Å². The van der Waals surface area contributed by atoms with E-state index < -0.39 is 69.1 Å². The van der Waals surface area contributed by atoms with Crippen LogP contribution in [0.5, 0.6) is 0 Å². The maximum absolute atomic E-state index is 14.3. The lowest BCUT2D eigenvalue weighted by molar-refractivity contribution is -0.392. The van der Waals surface area contributed by atoms with Gasteiger partial charge in [-0.25, -0.2) is 13.2 Å². The standard InChI is InChI=1S/C28H24F9NO2S/c1-2-17-14-20(10-11-22(17)29)41(39)25(12-13-38-16-25)18-6-8-19(9-7-18)26(27(32,33)34,28(35,36)37)40-15-21-23(30)4-3-5-24(21)31/h3-11,14,38H,2,12-13,15-16H2,1H3. The van der Waals surface area contributed by atoms with E-state index in [1.165, 1.54) is 12.1 Å². The number of hydrogen-bond donors (Lipinski definition) is 1. The summed E-state index contributed by atoms with van der Waals surface area (Å²) in [5.74, 6) is -3.24. The van der Waals surface area contributed by atoms with Crippen LogP contribution in [0.15, 0.2) is 65.6 Å². The van der Waals surface area contributed by atoms with Gasteiger partial charge < -0.3 is 14.6 Å². The van der Waals surface area contributed by atoms with E-state index in [1.807, 2.05) is 0 Å². The van der Waals surface area contributed by atoms with Crippen molar-refractivity contribution in [2.45, 2.75) is 54.0 Å². The molecule has 0 radical (unpaired) electrons. The molecule has 0 aliphatic carbocycles. The fourth-order valence-electron chi connectivity index (χ4n) is 4.94. The van der Waals surface area contributed by atoms with E-state index in [-0.39, 0.29) is 23.4 Å². The van der Waals surface area contributed by atoms with Crippen LogP contribution >= 0.6 is 0 Å². The largest absolute Gasteiger partial charge is 0.611 e. The minimum atomic E-state index is -6.09. The van der Waals surface area contributed by atoms with Crippen molar-refractivity contribution in [1.29, 1.82) is 0 Å². The zero-order valence-electron chi connectivity index (χ0n) is 21.4. The molecule has 3 aromatic carbocycles. The second-order valence-electron chi connectivity index (χ2n) is 9.54. The molecule has 1 aliphatic heterocycles. The molecule has 0 aromatic heterocycles. The van der Waals surface area contributed by atoms with E-state index in [0.29, 0.717) is 42.8 Å². The van der Waals surface area contributed by atoms with Gasteiger partial charge in [-0.1, -0.05) is 37.3 Å². The van der Waals surface area contributed by atoms with Crippen LogP contribution in [-0.2, 0) is 39.3 Å². The molecule has 1 fully saturated rings. The Kier molecular flexibility index (Phi) is 8.75. The number of ether oxygens (including phenoxy) is 1. The van der Waals surface area contributed by atoms with E-state index in [4.69, 9.17) is 0 Å². The number of alkyl halides is 6. The molecular formula is C28H24F9NO2S. The molecule has 4 rings (SSSR count). The van der Waals surface area contributed by atoms with Gasteiger partial charge in [0.1, 0.15) is 17.5 Å².